The van der Waals surface area contributed by atoms with Crippen LogP contribution in [0.15, 0.2) is 6.20 Å². The smallest absolute Gasteiger partial charge is 0.0551 e. The van der Waals surface area contributed by atoms with Crippen molar-refractivity contribution in [2.45, 2.75) is 33.4 Å². The molecule has 0 amide bonds. The molecule has 1 rings (SSSR count). The lowest BCUT2D eigenvalue weighted by atomic mass is 10.2. The van der Waals surface area contributed by atoms with Gasteiger partial charge in [-0.05, 0) is 32.4 Å². The topological polar surface area (TPSA) is 39.1 Å². The summed E-state index contributed by atoms with van der Waals surface area (Å²) in [6.45, 7) is 7.85. The van der Waals surface area contributed by atoms with Crippen LogP contribution >= 0.6 is 12.4 Å². The maximum Gasteiger partial charge on any atom is 0.0551 e. The van der Waals surface area contributed by atoms with Gasteiger partial charge in [-0.15, -0.1) is 12.4 Å². The van der Waals surface area contributed by atoms with E-state index in [0.29, 0.717) is 0 Å². The maximum atomic E-state index is 4.99. The lowest BCUT2D eigenvalue weighted by Gasteiger charge is -2.07. The van der Waals surface area contributed by atoms with Crippen LogP contribution in [0.2, 0.25) is 0 Å². The number of nitrogens with one attached hydrogen (secondary N) is 1. The molecule has 0 aromatic carbocycles. The number of rotatable bonds is 7. The minimum Gasteiger partial charge on any atom is -0.385 e. The number of methoxy groups -OCH3 is 1. The predicted octanol–water partition coefficient (Wildman–Crippen LogP) is 1.76. The van der Waals surface area contributed by atoms with Gasteiger partial charge in [0.15, 0.2) is 0 Å². The van der Waals surface area contributed by atoms with E-state index in [4.69, 9.17) is 4.74 Å². The number of aromatic nitrogens is 2. The lowest BCUT2D eigenvalue weighted by Crippen LogP contribution is -2.19. The number of aryl methyl sites for hydroxylation is 2. The first-order valence-electron chi connectivity index (χ1n) is 5.50. The molecule has 0 saturated heterocycles. The summed E-state index contributed by atoms with van der Waals surface area (Å²) >= 11 is 0. The van der Waals surface area contributed by atoms with Crippen LogP contribution in [0.4, 0.5) is 0 Å². The van der Waals surface area contributed by atoms with Crippen molar-refractivity contribution in [2.75, 3.05) is 20.3 Å². The van der Waals surface area contributed by atoms with E-state index in [2.05, 4.69) is 24.3 Å². The summed E-state index contributed by atoms with van der Waals surface area (Å²) in [5.74, 6) is 0. The van der Waals surface area contributed by atoms with Crippen molar-refractivity contribution < 1.29 is 4.74 Å². The molecule has 0 bridgehead atoms. The van der Waals surface area contributed by atoms with Crippen molar-refractivity contribution in [3.8, 4) is 0 Å². The summed E-state index contributed by atoms with van der Waals surface area (Å²) in [6, 6.07) is 0. The molecule has 0 atom stereocenters. The second-order valence-corrected chi connectivity index (χ2v) is 3.61. The zero-order chi connectivity index (χ0) is 11.1. The van der Waals surface area contributed by atoms with Gasteiger partial charge < -0.3 is 10.1 Å². The SMILES string of the molecule is CCn1ncc(C)c1CNCCCOC.Cl. The summed E-state index contributed by atoms with van der Waals surface area (Å²) in [5.41, 5.74) is 2.55. The van der Waals surface area contributed by atoms with Gasteiger partial charge in [-0.1, -0.05) is 0 Å². The van der Waals surface area contributed by atoms with Gasteiger partial charge in [-0.2, -0.15) is 5.10 Å². The Kier molecular flexibility index (Phi) is 8.25. The Balaban J connectivity index is 0.00000225. The molecule has 0 unspecified atom stereocenters. The number of hydrogen-bond acceptors (Lipinski definition) is 3. The van der Waals surface area contributed by atoms with E-state index in [1.807, 2.05) is 10.9 Å². The monoisotopic (exact) mass is 247 g/mol. The quantitative estimate of drug-likeness (QED) is 0.747. The van der Waals surface area contributed by atoms with E-state index in [1.165, 1.54) is 11.3 Å². The Hall–Kier alpha value is -0.580. The molecule has 0 spiro atoms. The van der Waals surface area contributed by atoms with Crippen LogP contribution < -0.4 is 5.32 Å². The second-order valence-electron chi connectivity index (χ2n) is 3.61. The van der Waals surface area contributed by atoms with Gasteiger partial charge in [-0.3, -0.25) is 4.68 Å². The number of nitrogens with zero attached hydrogens (tertiary/aromatic N) is 2. The summed E-state index contributed by atoms with van der Waals surface area (Å²) < 4.78 is 7.03. The average molecular weight is 248 g/mol. The number of halogens is 1. The molecule has 1 heterocycles. The molecule has 0 fully saturated rings. The highest BCUT2D eigenvalue weighted by Crippen LogP contribution is 2.06. The lowest BCUT2D eigenvalue weighted by molar-refractivity contribution is 0.194. The maximum absolute atomic E-state index is 4.99. The molecule has 1 aromatic heterocycles. The van der Waals surface area contributed by atoms with Crippen molar-refractivity contribution in [2.24, 2.45) is 0 Å². The molecule has 0 aliphatic carbocycles. The van der Waals surface area contributed by atoms with E-state index in [1.54, 1.807) is 7.11 Å². The minimum atomic E-state index is 0. The van der Waals surface area contributed by atoms with E-state index < -0.39 is 0 Å². The van der Waals surface area contributed by atoms with Crippen LogP contribution in [0.1, 0.15) is 24.6 Å². The van der Waals surface area contributed by atoms with Crippen molar-refractivity contribution in [3.05, 3.63) is 17.5 Å². The fourth-order valence-corrected chi connectivity index (χ4v) is 1.56. The molecule has 5 heteroatoms. The molecule has 1 aromatic rings. The molecule has 94 valence electrons. The normalized spacial score (nSPS) is 10.2. The van der Waals surface area contributed by atoms with E-state index in [-0.39, 0.29) is 12.4 Å². The fraction of sp³-hybridized carbons (Fsp3) is 0.727. The highest BCUT2D eigenvalue weighted by atomic mass is 35.5. The molecule has 16 heavy (non-hydrogen) atoms. The Labute approximate surface area is 104 Å². The highest BCUT2D eigenvalue weighted by Gasteiger charge is 2.04. The third-order valence-electron chi connectivity index (χ3n) is 2.45. The Bertz CT molecular complexity index is 289. The van der Waals surface area contributed by atoms with Gasteiger partial charge in [0, 0.05) is 26.8 Å². The van der Waals surface area contributed by atoms with Crippen molar-refractivity contribution in [1.29, 1.82) is 0 Å². The third kappa shape index (κ3) is 4.51. The molecule has 0 saturated carbocycles. The van der Waals surface area contributed by atoms with Crippen molar-refractivity contribution in [1.82, 2.24) is 15.1 Å². The van der Waals surface area contributed by atoms with Gasteiger partial charge in [0.25, 0.3) is 0 Å². The molecule has 0 aliphatic heterocycles. The molecule has 0 aliphatic rings. The van der Waals surface area contributed by atoms with Crippen LogP contribution in [0, 0.1) is 6.92 Å². The predicted molar refractivity (Wildman–Crippen MR) is 68.1 cm³/mol. The number of hydrogen-bond donors (Lipinski definition) is 1. The molecule has 1 N–H and O–H groups in total. The Morgan fingerprint density at radius 3 is 2.88 bits per heavy atom. The second kappa shape index (κ2) is 8.56. The van der Waals surface area contributed by atoms with Crippen LogP contribution in [0.5, 0.6) is 0 Å². The van der Waals surface area contributed by atoms with Crippen LogP contribution in [-0.4, -0.2) is 30.0 Å². The molecular formula is C11H22ClN3O. The Morgan fingerprint density at radius 1 is 1.50 bits per heavy atom. The first kappa shape index (κ1) is 15.4. The van der Waals surface area contributed by atoms with Crippen molar-refractivity contribution in [3.63, 3.8) is 0 Å². The standard InChI is InChI=1S/C11H21N3O.ClH/c1-4-14-11(10(2)8-13-14)9-12-6-5-7-15-3;/h8,12H,4-7,9H2,1-3H3;1H. The molecule has 0 radical (unpaired) electrons. The summed E-state index contributed by atoms with van der Waals surface area (Å²) in [4.78, 5) is 0. The average Bonchev–Trinajstić information content (AvgIpc) is 2.60. The fourth-order valence-electron chi connectivity index (χ4n) is 1.56. The van der Waals surface area contributed by atoms with E-state index in [9.17, 15) is 0 Å². The largest absolute Gasteiger partial charge is 0.385 e. The summed E-state index contributed by atoms with van der Waals surface area (Å²) in [7, 11) is 1.73. The molecule has 4 nitrogen and oxygen atoms in total. The van der Waals surface area contributed by atoms with Crippen LogP contribution in [-0.2, 0) is 17.8 Å². The highest BCUT2D eigenvalue weighted by molar-refractivity contribution is 5.85. The van der Waals surface area contributed by atoms with Gasteiger partial charge in [-0.25, -0.2) is 0 Å². The first-order valence-corrected chi connectivity index (χ1v) is 5.50. The van der Waals surface area contributed by atoms with Gasteiger partial charge >= 0.3 is 0 Å². The van der Waals surface area contributed by atoms with Crippen molar-refractivity contribution >= 4 is 12.4 Å². The van der Waals surface area contributed by atoms with Gasteiger partial charge in [0.1, 0.15) is 0 Å². The van der Waals surface area contributed by atoms with Crippen LogP contribution in [0.25, 0.3) is 0 Å². The zero-order valence-corrected chi connectivity index (χ0v) is 11.1. The van der Waals surface area contributed by atoms with Gasteiger partial charge in [0.05, 0.1) is 11.9 Å². The van der Waals surface area contributed by atoms with Crippen LogP contribution in [0.3, 0.4) is 0 Å². The summed E-state index contributed by atoms with van der Waals surface area (Å²) in [5, 5.41) is 7.70. The number of ether oxygens (including phenoxy) is 1. The third-order valence-corrected chi connectivity index (χ3v) is 2.45. The van der Waals surface area contributed by atoms with Gasteiger partial charge in [0.2, 0.25) is 0 Å². The minimum absolute atomic E-state index is 0. The Morgan fingerprint density at radius 2 is 2.25 bits per heavy atom. The first-order chi connectivity index (χ1) is 7.29. The summed E-state index contributed by atoms with van der Waals surface area (Å²) in [6.07, 6.45) is 2.98. The van der Waals surface area contributed by atoms with E-state index >= 15 is 0 Å². The zero-order valence-electron chi connectivity index (χ0n) is 10.3. The van der Waals surface area contributed by atoms with E-state index in [0.717, 1.165) is 32.7 Å². The molecular weight excluding hydrogens is 226 g/mol.